The molecule has 5 nitrogen and oxygen atoms in total. The van der Waals surface area contributed by atoms with Gasteiger partial charge in [-0.15, -0.1) is 0 Å². The molecule has 1 aliphatic heterocycles. The van der Waals surface area contributed by atoms with Crippen LogP contribution in [0.15, 0.2) is 120 Å². The Labute approximate surface area is 204 Å². The van der Waals surface area contributed by atoms with Crippen molar-refractivity contribution in [3.8, 4) is 17.2 Å². The molecule has 0 aliphatic carbocycles. The average molecular weight is 461 g/mol. The van der Waals surface area contributed by atoms with Crippen LogP contribution >= 0.6 is 0 Å². The second-order valence-electron chi connectivity index (χ2n) is 7.89. The summed E-state index contributed by atoms with van der Waals surface area (Å²) in [6.45, 7) is 2.52. The molecule has 0 saturated heterocycles. The fourth-order valence-electron chi connectivity index (χ4n) is 3.85. The van der Waals surface area contributed by atoms with Crippen molar-refractivity contribution in [2.45, 2.75) is 6.92 Å². The standard InChI is InChI=1S/C30H24N2O3/c1-2-34-25-18-16-24(17-19-25)32-29(23-11-5-3-6-12-23)31-28(30(32)33)21-22-10-9-15-27(20-22)35-26-13-7-4-8-14-26/h3-21H,2H2,1H3. The van der Waals surface area contributed by atoms with E-state index in [4.69, 9.17) is 14.5 Å². The first-order valence-corrected chi connectivity index (χ1v) is 11.5. The summed E-state index contributed by atoms with van der Waals surface area (Å²) < 4.78 is 11.5. The number of amidine groups is 1. The van der Waals surface area contributed by atoms with E-state index < -0.39 is 0 Å². The van der Waals surface area contributed by atoms with Gasteiger partial charge in [-0.2, -0.15) is 0 Å². The van der Waals surface area contributed by atoms with Crippen LogP contribution in [0.5, 0.6) is 17.2 Å². The lowest BCUT2D eigenvalue weighted by Crippen LogP contribution is -2.32. The Balaban J connectivity index is 1.49. The van der Waals surface area contributed by atoms with Crippen LogP contribution in [0, 0.1) is 0 Å². The first-order chi connectivity index (χ1) is 17.2. The number of carbonyl (C=O) groups excluding carboxylic acids is 1. The summed E-state index contributed by atoms with van der Waals surface area (Å²) in [4.78, 5) is 19.9. The third kappa shape index (κ3) is 4.99. The highest BCUT2D eigenvalue weighted by atomic mass is 16.5. The quantitative estimate of drug-likeness (QED) is 0.288. The van der Waals surface area contributed by atoms with Gasteiger partial charge in [-0.25, -0.2) is 4.99 Å². The molecule has 172 valence electrons. The normalized spacial score (nSPS) is 14.2. The topological polar surface area (TPSA) is 51.1 Å². The molecule has 1 aliphatic rings. The first kappa shape index (κ1) is 22.2. The maximum atomic E-state index is 13.6. The molecule has 35 heavy (non-hydrogen) atoms. The fraction of sp³-hybridized carbons (Fsp3) is 0.0667. The summed E-state index contributed by atoms with van der Waals surface area (Å²) in [5.41, 5.74) is 2.77. The van der Waals surface area contributed by atoms with Gasteiger partial charge in [0.15, 0.2) is 0 Å². The van der Waals surface area contributed by atoms with E-state index in [0.717, 1.165) is 28.3 Å². The lowest BCUT2D eigenvalue weighted by Gasteiger charge is -2.19. The van der Waals surface area contributed by atoms with Crippen LogP contribution in [-0.4, -0.2) is 18.3 Å². The van der Waals surface area contributed by atoms with Gasteiger partial charge in [0, 0.05) is 5.56 Å². The number of rotatable bonds is 7. The molecule has 0 radical (unpaired) electrons. The van der Waals surface area contributed by atoms with Crippen LogP contribution in [0.3, 0.4) is 0 Å². The Morgan fingerprint density at radius 1 is 0.771 bits per heavy atom. The van der Waals surface area contributed by atoms with Crippen molar-refractivity contribution in [3.63, 3.8) is 0 Å². The van der Waals surface area contributed by atoms with E-state index in [-0.39, 0.29) is 5.91 Å². The molecular formula is C30H24N2O3. The highest BCUT2D eigenvalue weighted by molar-refractivity contribution is 6.33. The van der Waals surface area contributed by atoms with Crippen molar-refractivity contribution in [2.75, 3.05) is 11.5 Å². The van der Waals surface area contributed by atoms with Crippen molar-refractivity contribution >= 4 is 23.5 Å². The first-order valence-electron chi connectivity index (χ1n) is 11.5. The van der Waals surface area contributed by atoms with Gasteiger partial charge in [-0.1, -0.05) is 60.7 Å². The smallest absolute Gasteiger partial charge is 0.282 e. The number of amides is 1. The maximum absolute atomic E-state index is 13.6. The molecule has 4 aromatic carbocycles. The minimum atomic E-state index is -0.192. The molecule has 0 spiro atoms. The molecule has 0 N–H and O–H groups in total. The summed E-state index contributed by atoms with van der Waals surface area (Å²) in [6, 6.07) is 34.4. The second kappa shape index (κ2) is 10.1. The number of aliphatic imine (C=N–C) groups is 1. The van der Waals surface area contributed by atoms with E-state index in [1.165, 1.54) is 0 Å². The van der Waals surface area contributed by atoms with Gasteiger partial charge < -0.3 is 9.47 Å². The van der Waals surface area contributed by atoms with E-state index in [9.17, 15) is 4.79 Å². The highest BCUT2D eigenvalue weighted by Gasteiger charge is 2.32. The second-order valence-corrected chi connectivity index (χ2v) is 7.89. The van der Waals surface area contributed by atoms with Crippen molar-refractivity contribution in [3.05, 3.63) is 126 Å². The van der Waals surface area contributed by atoms with Crippen molar-refractivity contribution in [1.29, 1.82) is 0 Å². The van der Waals surface area contributed by atoms with E-state index in [1.807, 2.05) is 116 Å². The summed E-state index contributed by atoms with van der Waals surface area (Å²) in [5, 5.41) is 0. The fourth-order valence-corrected chi connectivity index (χ4v) is 3.85. The number of anilines is 1. The lowest BCUT2D eigenvalue weighted by molar-refractivity contribution is -0.113. The van der Waals surface area contributed by atoms with Crippen LogP contribution in [0.1, 0.15) is 18.1 Å². The summed E-state index contributed by atoms with van der Waals surface area (Å²) in [6.07, 6.45) is 1.79. The number of carbonyl (C=O) groups is 1. The molecule has 0 saturated carbocycles. The Hall–Kier alpha value is -4.64. The summed E-state index contributed by atoms with van der Waals surface area (Å²) in [5.74, 6) is 2.59. The van der Waals surface area contributed by atoms with Gasteiger partial charge >= 0.3 is 0 Å². The Kier molecular flexibility index (Phi) is 6.39. The Morgan fingerprint density at radius 3 is 2.17 bits per heavy atom. The van der Waals surface area contributed by atoms with E-state index >= 15 is 0 Å². The zero-order chi connectivity index (χ0) is 24.0. The van der Waals surface area contributed by atoms with Crippen LogP contribution in [-0.2, 0) is 4.79 Å². The lowest BCUT2D eigenvalue weighted by atomic mass is 10.1. The van der Waals surface area contributed by atoms with E-state index in [0.29, 0.717) is 23.9 Å². The number of benzene rings is 4. The number of nitrogens with zero attached hydrogens (tertiary/aromatic N) is 2. The summed E-state index contributed by atoms with van der Waals surface area (Å²) in [7, 11) is 0. The highest BCUT2D eigenvalue weighted by Crippen LogP contribution is 2.30. The van der Waals surface area contributed by atoms with Crippen molar-refractivity contribution in [2.24, 2.45) is 4.99 Å². The predicted octanol–water partition coefficient (Wildman–Crippen LogP) is 6.71. The molecule has 5 rings (SSSR count). The molecule has 1 amide bonds. The molecule has 0 fully saturated rings. The number of hydrogen-bond donors (Lipinski definition) is 0. The third-order valence-corrected chi connectivity index (χ3v) is 5.44. The molecule has 1 heterocycles. The summed E-state index contributed by atoms with van der Waals surface area (Å²) >= 11 is 0. The van der Waals surface area contributed by atoms with Crippen LogP contribution in [0.4, 0.5) is 5.69 Å². The van der Waals surface area contributed by atoms with E-state index in [2.05, 4.69) is 0 Å². The largest absolute Gasteiger partial charge is 0.494 e. The number of ether oxygens (including phenoxy) is 2. The minimum Gasteiger partial charge on any atom is -0.494 e. The average Bonchev–Trinajstić information content (AvgIpc) is 3.22. The van der Waals surface area contributed by atoms with E-state index in [1.54, 1.807) is 11.0 Å². The Morgan fingerprint density at radius 2 is 1.46 bits per heavy atom. The zero-order valence-corrected chi connectivity index (χ0v) is 19.3. The van der Waals surface area contributed by atoms with Crippen LogP contribution in [0.25, 0.3) is 6.08 Å². The van der Waals surface area contributed by atoms with Crippen LogP contribution in [0.2, 0.25) is 0 Å². The molecule has 0 unspecified atom stereocenters. The SMILES string of the molecule is CCOc1ccc(N2C(=O)C(=Cc3cccc(Oc4ccccc4)c3)N=C2c2ccccc2)cc1. The van der Waals surface area contributed by atoms with Crippen molar-refractivity contribution in [1.82, 2.24) is 0 Å². The molecular weight excluding hydrogens is 436 g/mol. The molecule has 0 atom stereocenters. The molecule has 5 heteroatoms. The van der Waals surface area contributed by atoms with Gasteiger partial charge in [0.05, 0.1) is 12.3 Å². The zero-order valence-electron chi connectivity index (χ0n) is 19.3. The maximum Gasteiger partial charge on any atom is 0.282 e. The van der Waals surface area contributed by atoms with Gasteiger partial charge in [0.2, 0.25) is 0 Å². The molecule has 0 aromatic heterocycles. The van der Waals surface area contributed by atoms with Gasteiger partial charge in [0.1, 0.15) is 28.8 Å². The van der Waals surface area contributed by atoms with Crippen molar-refractivity contribution < 1.29 is 14.3 Å². The third-order valence-electron chi connectivity index (χ3n) is 5.44. The minimum absolute atomic E-state index is 0.192. The Bertz CT molecular complexity index is 1380. The molecule has 0 bridgehead atoms. The van der Waals surface area contributed by atoms with Gasteiger partial charge in [-0.3, -0.25) is 9.69 Å². The van der Waals surface area contributed by atoms with Crippen LogP contribution < -0.4 is 14.4 Å². The van der Waals surface area contributed by atoms with Gasteiger partial charge in [0.25, 0.3) is 5.91 Å². The molecule has 4 aromatic rings. The number of hydrogen-bond acceptors (Lipinski definition) is 4. The predicted molar refractivity (Wildman–Crippen MR) is 139 cm³/mol. The number of para-hydroxylation sites is 1. The monoisotopic (exact) mass is 460 g/mol. The van der Waals surface area contributed by atoms with Gasteiger partial charge in [-0.05, 0) is 67.1 Å².